The van der Waals surface area contributed by atoms with Gasteiger partial charge in [0, 0.05) is 24.5 Å². The minimum Gasteiger partial charge on any atom is -0.497 e. The lowest BCUT2D eigenvalue weighted by atomic mass is 9.98. The van der Waals surface area contributed by atoms with Gasteiger partial charge in [-0.25, -0.2) is 4.98 Å². The monoisotopic (exact) mass is 367 g/mol. The molecule has 1 aliphatic carbocycles. The number of nitrogens with zero attached hydrogens (tertiary/aromatic N) is 1. The number of carbonyl (C=O) groups is 1. The fraction of sp³-hybridized carbons (Fsp3) is 0.455. The van der Waals surface area contributed by atoms with Gasteiger partial charge in [0.15, 0.2) is 0 Å². The average molecular weight is 367 g/mol. The minimum absolute atomic E-state index is 0.0222. The van der Waals surface area contributed by atoms with Crippen LogP contribution in [0, 0.1) is 5.92 Å². The SMILES string of the molecule is COc1cccc(Nc2cc(C(C)C)c(C(=O)NCC3CCCC3)cn2)c1. The molecule has 1 aliphatic rings. The molecule has 1 heterocycles. The van der Waals surface area contributed by atoms with Crippen LogP contribution in [0.5, 0.6) is 5.75 Å². The van der Waals surface area contributed by atoms with Gasteiger partial charge in [-0.05, 0) is 48.4 Å². The van der Waals surface area contributed by atoms with Gasteiger partial charge in [-0.1, -0.05) is 32.8 Å². The summed E-state index contributed by atoms with van der Waals surface area (Å²) >= 11 is 0. The second-order valence-corrected chi connectivity index (χ2v) is 7.53. The summed E-state index contributed by atoms with van der Waals surface area (Å²) in [5.41, 5.74) is 2.56. The maximum atomic E-state index is 12.7. The summed E-state index contributed by atoms with van der Waals surface area (Å²) < 4.78 is 5.26. The molecule has 1 aromatic heterocycles. The third kappa shape index (κ3) is 5.00. The average Bonchev–Trinajstić information content (AvgIpc) is 3.20. The van der Waals surface area contributed by atoms with Gasteiger partial charge >= 0.3 is 0 Å². The predicted molar refractivity (Wildman–Crippen MR) is 109 cm³/mol. The molecule has 144 valence electrons. The van der Waals surface area contributed by atoms with Gasteiger partial charge in [0.25, 0.3) is 5.91 Å². The molecule has 3 rings (SSSR count). The third-order valence-electron chi connectivity index (χ3n) is 5.17. The van der Waals surface area contributed by atoms with E-state index in [2.05, 4.69) is 29.5 Å². The number of nitrogens with one attached hydrogen (secondary N) is 2. The zero-order valence-corrected chi connectivity index (χ0v) is 16.4. The molecule has 0 saturated heterocycles. The number of hydrogen-bond donors (Lipinski definition) is 2. The molecular formula is C22H29N3O2. The summed E-state index contributed by atoms with van der Waals surface area (Å²) in [5, 5.41) is 6.40. The van der Waals surface area contributed by atoms with Crippen LogP contribution in [0.15, 0.2) is 36.5 Å². The van der Waals surface area contributed by atoms with Crippen LogP contribution in [0.1, 0.15) is 61.4 Å². The molecule has 0 bridgehead atoms. The summed E-state index contributed by atoms with van der Waals surface area (Å²) in [6, 6.07) is 9.67. The van der Waals surface area contributed by atoms with E-state index in [0.717, 1.165) is 29.4 Å². The van der Waals surface area contributed by atoms with E-state index in [4.69, 9.17) is 4.74 Å². The van der Waals surface area contributed by atoms with Crippen LogP contribution in [0.25, 0.3) is 0 Å². The number of aromatic nitrogens is 1. The molecule has 0 aliphatic heterocycles. The first kappa shape index (κ1) is 19.2. The molecule has 0 unspecified atom stereocenters. The molecule has 0 radical (unpaired) electrons. The molecule has 2 aromatic rings. The zero-order chi connectivity index (χ0) is 19.2. The third-order valence-corrected chi connectivity index (χ3v) is 5.17. The summed E-state index contributed by atoms with van der Waals surface area (Å²) in [5.74, 6) is 2.34. The van der Waals surface area contributed by atoms with Crippen molar-refractivity contribution in [1.29, 1.82) is 0 Å². The summed E-state index contributed by atoms with van der Waals surface area (Å²) in [6.45, 7) is 4.96. The molecule has 5 nitrogen and oxygen atoms in total. The number of amides is 1. The van der Waals surface area contributed by atoms with E-state index >= 15 is 0 Å². The van der Waals surface area contributed by atoms with Crippen molar-refractivity contribution >= 4 is 17.4 Å². The Bertz CT molecular complexity index is 783. The lowest BCUT2D eigenvalue weighted by molar-refractivity contribution is 0.0945. The Labute approximate surface area is 161 Å². The highest BCUT2D eigenvalue weighted by atomic mass is 16.5. The topological polar surface area (TPSA) is 63.2 Å². The number of anilines is 2. The number of hydrogen-bond acceptors (Lipinski definition) is 4. The zero-order valence-electron chi connectivity index (χ0n) is 16.4. The number of benzene rings is 1. The maximum absolute atomic E-state index is 12.7. The first-order valence-corrected chi connectivity index (χ1v) is 9.76. The van der Waals surface area contributed by atoms with Crippen LogP contribution < -0.4 is 15.4 Å². The van der Waals surface area contributed by atoms with Crippen molar-refractivity contribution < 1.29 is 9.53 Å². The lowest BCUT2D eigenvalue weighted by Gasteiger charge is -2.16. The molecule has 0 atom stereocenters. The molecule has 27 heavy (non-hydrogen) atoms. The number of ether oxygens (including phenoxy) is 1. The highest BCUT2D eigenvalue weighted by molar-refractivity contribution is 5.95. The maximum Gasteiger partial charge on any atom is 0.253 e. The fourth-order valence-corrected chi connectivity index (χ4v) is 3.60. The standard InChI is InChI=1S/C22H29N3O2/c1-15(2)19-12-21(25-17-9-6-10-18(11-17)27-3)23-14-20(19)22(26)24-13-16-7-4-5-8-16/h6,9-12,14-16H,4-5,7-8,13H2,1-3H3,(H,23,25)(H,24,26). The lowest BCUT2D eigenvalue weighted by Crippen LogP contribution is -2.29. The van der Waals surface area contributed by atoms with Gasteiger partial charge < -0.3 is 15.4 Å². The molecule has 2 N–H and O–H groups in total. The van der Waals surface area contributed by atoms with Crippen LogP contribution in [0.2, 0.25) is 0 Å². The van der Waals surface area contributed by atoms with Crippen molar-refractivity contribution in [2.75, 3.05) is 19.0 Å². The molecule has 5 heteroatoms. The van der Waals surface area contributed by atoms with E-state index in [1.807, 2.05) is 30.3 Å². The fourth-order valence-electron chi connectivity index (χ4n) is 3.60. The number of methoxy groups -OCH3 is 1. The number of rotatable bonds is 7. The quantitative estimate of drug-likeness (QED) is 0.732. The molecule has 1 amide bonds. The van der Waals surface area contributed by atoms with E-state index in [9.17, 15) is 4.79 Å². The molecular weight excluding hydrogens is 338 g/mol. The highest BCUT2D eigenvalue weighted by Gasteiger charge is 2.19. The summed E-state index contributed by atoms with van der Waals surface area (Å²) in [4.78, 5) is 17.2. The van der Waals surface area contributed by atoms with Crippen LogP contribution >= 0.6 is 0 Å². The van der Waals surface area contributed by atoms with Crippen molar-refractivity contribution in [3.63, 3.8) is 0 Å². The van der Waals surface area contributed by atoms with Crippen molar-refractivity contribution in [2.45, 2.75) is 45.4 Å². The minimum atomic E-state index is -0.0222. The molecule has 1 aromatic carbocycles. The van der Waals surface area contributed by atoms with E-state index in [0.29, 0.717) is 11.5 Å². The Morgan fingerprint density at radius 2 is 2.04 bits per heavy atom. The molecule has 1 saturated carbocycles. The second kappa shape index (κ2) is 8.89. The van der Waals surface area contributed by atoms with Crippen LogP contribution in [0.3, 0.4) is 0 Å². The largest absolute Gasteiger partial charge is 0.497 e. The Kier molecular flexibility index (Phi) is 6.32. The Morgan fingerprint density at radius 1 is 1.26 bits per heavy atom. The predicted octanol–water partition coefficient (Wildman–Crippen LogP) is 4.88. The van der Waals surface area contributed by atoms with Gasteiger partial charge in [0.2, 0.25) is 0 Å². The van der Waals surface area contributed by atoms with Gasteiger partial charge in [0.1, 0.15) is 11.6 Å². The highest BCUT2D eigenvalue weighted by Crippen LogP contribution is 2.26. The molecule has 1 fully saturated rings. The van der Waals surface area contributed by atoms with Crippen molar-refractivity contribution in [3.8, 4) is 5.75 Å². The summed E-state index contributed by atoms with van der Waals surface area (Å²) in [7, 11) is 1.65. The Morgan fingerprint density at radius 3 is 2.74 bits per heavy atom. The van der Waals surface area contributed by atoms with Gasteiger partial charge in [0.05, 0.1) is 12.7 Å². The van der Waals surface area contributed by atoms with Gasteiger partial charge in [-0.3, -0.25) is 4.79 Å². The first-order valence-electron chi connectivity index (χ1n) is 9.76. The smallest absolute Gasteiger partial charge is 0.253 e. The van der Waals surface area contributed by atoms with Crippen LogP contribution in [-0.2, 0) is 0 Å². The van der Waals surface area contributed by atoms with E-state index in [1.165, 1.54) is 25.7 Å². The van der Waals surface area contributed by atoms with E-state index < -0.39 is 0 Å². The van der Waals surface area contributed by atoms with Gasteiger partial charge in [-0.15, -0.1) is 0 Å². The van der Waals surface area contributed by atoms with Crippen molar-refractivity contribution in [2.24, 2.45) is 5.92 Å². The second-order valence-electron chi connectivity index (χ2n) is 7.53. The van der Waals surface area contributed by atoms with E-state index in [-0.39, 0.29) is 11.8 Å². The number of carbonyl (C=O) groups excluding carboxylic acids is 1. The molecule has 0 spiro atoms. The number of pyridine rings is 1. The van der Waals surface area contributed by atoms with Crippen LogP contribution in [-0.4, -0.2) is 24.5 Å². The normalized spacial score (nSPS) is 14.4. The van der Waals surface area contributed by atoms with Crippen molar-refractivity contribution in [3.05, 3.63) is 47.7 Å². The van der Waals surface area contributed by atoms with Crippen molar-refractivity contribution in [1.82, 2.24) is 10.3 Å². The van der Waals surface area contributed by atoms with Gasteiger partial charge in [-0.2, -0.15) is 0 Å². The summed E-state index contributed by atoms with van der Waals surface area (Å²) in [6.07, 6.45) is 6.69. The van der Waals surface area contributed by atoms with Crippen LogP contribution in [0.4, 0.5) is 11.5 Å². The van der Waals surface area contributed by atoms with E-state index in [1.54, 1.807) is 13.3 Å². The first-order chi connectivity index (χ1) is 13.1. The Hall–Kier alpha value is -2.56. The Balaban J connectivity index is 1.74.